The average molecular weight is 667 g/mol. The third kappa shape index (κ3) is 6.99. The van der Waals surface area contributed by atoms with Gasteiger partial charge in [-0.25, -0.2) is 9.69 Å². The number of anilines is 1. The van der Waals surface area contributed by atoms with Crippen molar-refractivity contribution in [1.82, 2.24) is 15.3 Å². The monoisotopic (exact) mass is 666 g/mol. The number of pyridine rings is 2. The summed E-state index contributed by atoms with van der Waals surface area (Å²) in [7, 11) is 0. The van der Waals surface area contributed by atoms with E-state index < -0.39 is 34.8 Å². The smallest absolute Gasteiger partial charge is 0.322 e. The van der Waals surface area contributed by atoms with E-state index in [1.54, 1.807) is 12.4 Å². The number of hydrogen-bond acceptors (Lipinski definition) is 5. The first-order valence-electron chi connectivity index (χ1n) is 15.5. The predicted octanol–water partition coefficient (Wildman–Crippen LogP) is 8.67. The maximum Gasteiger partial charge on any atom is 0.446 e. The van der Waals surface area contributed by atoms with Gasteiger partial charge in [0.05, 0.1) is 5.69 Å². The van der Waals surface area contributed by atoms with Crippen LogP contribution in [0.2, 0.25) is 0 Å². The number of hydrogen-bond donors (Lipinski definition) is 1. The van der Waals surface area contributed by atoms with Gasteiger partial charge in [-0.1, -0.05) is 74.5 Å². The Morgan fingerprint density at radius 1 is 0.729 bits per heavy atom. The zero-order valence-electron chi connectivity index (χ0n) is 26.3. The molecule has 1 N–H and O–H groups in total. The van der Waals surface area contributed by atoms with Gasteiger partial charge >= 0.3 is 11.5 Å². The maximum atomic E-state index is 14.8. The molecule has 6 nitrogen and oxygen atoms in total. The number of thioether (sulfide) groups is 1. The first kappa shape index (κ1) is 33.0. The largest absolute Gasteiger partial charge is 0.446 e. The molecule has 0 saturated carbocycles. The Morgan fingerprint density at radius 2 is 1.21 bits per heavy atom. The van der Waals surface area contributed by atoms with E-state index in [1.807, 2.05) is 98.8 Å². The number of imide groups is 1. The number of carbonyl (C=O) groups excluding carboxylic acids is 2. The number of rotatable bonds is 10. The molecule has 2 unspecified atom stereocenters. The number of benzene rings is 3. The lowest BCUT2D eigenvalue weighted by atomic mass is 9.69. The fourth-order valence-corrected chi connectivity index (χ4v) is 6.96. The average Bonchev–Trinajstić information content (AvgIpc) is 3.35. The molecule has 48 heavy (non-hydrogen) atoms. The van der Waals surface area contributed by atoms with Crippen LogP contribution in [-0.2, 0) is 17.6 Å². The molecule has 5 aromatic rings. The molecule has 1 aliphatic heterocycles. The summed E-state index contributed by atoms with van der Waals surface area (Å²) in [5.74, 6) is -1.55. The second-order valence-electron chi connectivity index (χ2n) is 11.9. The summed E-state index contributed by atoms with van der Waals surface area (Å²) in [6.07, 6.45) is 4.60. The van der Waals surface area contributed by atoms with Gasteiger partial charge < -0.3 is 5.32 Å². The van der Waals surface area contributed by atoms with Crippen LogP contribution >= 0.6 is 11.8 Å². The summed E-state index contributed by atoms with van der Waals surface area (Å²) >= 11 is -0.255. The van der Waals surface area contributed by atoms with E-state index in [2.05, 4.69) is 15.3 Å². The molecular weight excluding hydrogens is 634 g/mol. The SMILES string of the molecule is CC(c1ccnc(Cc2ccccc2)c1)C1(C(C)c2ccnc(Cc3ccccc3)c2)NC(=O)N(c2ccc(SC(F)(F)F)cc2)C1=O. The number of nitrogens with one attached hydrogen (secondary N) is 1. The molecule has 3 heterocycles. The van der Waals surface area contributed by atoms with Crippen molar-refractivity contribution in [2.45, 2.75) is 54.5 Å². The molecule has 1 fully saturated rings. The highest BCUT2D eigenvalue weighted by atomic mass is 32.2. The summed E-state index contributed by atoms with van der Waals surface area (Å²) in [5, 5.41) is 3.06. The molecule has 0 bridgehead atoms. The quantitative estimate of drug-likeness (QED) is 0.119. The molecule has 2 atom stereocenters. The lowest BCUT2D eigenvalue weighted by molar-refractivity contribution is -0.123. The van der Waals surface area contributed by atoms with Crippen molar-refractivity contribution in [2.24, 2.45) is 0 Å². The van der Waals surface area contributed by atoms with Crippen LogP contribution in [-0.4, -0.2) is 33.0 Å². The number of urea groups is 1. The van der Waals surface area contributed by atoms with Crippen LogP contribution in [0.5, 0.6) is 0 Å². The first-order chi connectivity index (χ1) is 23.0. The Hall–Kier alpha value is -4.96. The molecule has 244 valence electrons. The molecular formula is C38H33F3N4O2S. The molecule has 3 aromatic carbocycles. The Kier molecular flexibility index (Phi) is 9.37. The van der Waals surface area contributed by atoms with Crippen molar-refractivity contribution < 1.29 is 22.8 Å². The molecule has 2 aromatic heterocycles. The standard InChI is InChI=1S/C38H33F3N4O2S/c1-25(29-17-19-42-31(23-29)21-27-9-5-3-6-10-27)37(26(2)30-18-20-43-32(24-30)22-28-11-7-4-8-12-28)35(46)45(36(47)44-37)33-13-15-34(16-14-33)48-38(39,40)41/h3-20,23-26H,21-22H2,1-2H3,(H,44,47). The highest BCUT2D eigenvalue weighted by Crippen LogP contribution is 2.45. The lowest BCUT2D eigenvalue weighted by Crippen LogP contribution is -2.55. The molecule has 6 rings (SSSR count). The number of aromatic nitrogens is 2. The summed E-state index contributed by atoms with van der Waals surface area (Å²) in [4.78, 5) is 38.7. The Balaban J connectivity index is 1.39. The molecule has 3 amide bonds. The van der Waals surface area contributed by atoms with Crippen LogP contribution in [0.25, 0.3) is 0 Å². The minimum atomic E-state index is -4.46. The second kappa shape index (κ2) is 13.6. The van der Waals surface area contributed by atoms with Crippen molar-refractivity contribution in [3.63, 3.8) is 0 Å². The third-order valence-corrected chi connectivity index (χ3v) is 9.65. The normalized spacial score (nSPS) is 17.6. The van der Waals surface area contributed by atoms with Gasteiger partial charge in [-0.3, -0.25) is 14.8 Å². The summed E-state index contributed by atoms with van der Waals surface area (Å²) in [5.41, 5.74) is -0.300. The van der Waals surface area contributed by atoms with Gasteiger partial charge in [0, 0.05) is 53.4 Å². The van der Waals surface area contributed by atoms with Crippen LogP contribution < -0.4 is 10.2 Å². The number of amides is 3. The Morgan fingerprint density at radius 3 is 1.67 bits per heavy atom. The molecule has 0 aliphatic carbocycles. The number of nitrogens with zero attached hydrogens (tertiary/aromatic N) is 3. The molecule has 0 spiro atoms. The summed E-state index contributed by atoms with van der Waals surface area (Å²) in [6.45, 7) is 3.82. The summed E-state index contributed by atoms with van der Waals surface area (Å²) in [6, 6.07) is 32.1. The van der Waals surface area contributed by atoms with Gasteiger partial charge in [0.1, 0.15) is 5.54 Å². The number of alkyl halides is 3. The van der Waals surface area contributed by atoms with Gasteiger partial charge in [-0.2, -0.15) is 13.2 Å². The van der Waals surface area contributed by atoms with E-state index in [-0.39, 0.29) is 22.3 Å². The van der Waals surface area contributed by atoms with Crippen LogP contribution in [0, 0.1) is 0 Å². The summed E-state index contributed by atoms with van der Waals surface area (Å²) < 4.78 is 39.0. The van der Waals surface area contributed by atoms with Gasteiger partial charge in [-0.05, 0) is 82.5 Å². The van der Waals surface area contributed by atoms with E-state index in [9.17, 15) is 22.8 Å². The van der Waals surface area contributed by atoms with E-state index in [0.29, 0.717) is 12.8 Å². The van der Waals surface area contributed by atoms with Crippen LogP contribution in [0.1, 0.15) is 59.3 Å². The Bertz CT molecular complexity index is 1810. The lowest BCUT2D eigenvalue weighted by Gasteiger charge is -2.39. The van der Waals surface area contributed by atoms with Gasteiger partial charge in [0.15, 0.2) is 0 Å². The zero-order valence-corrected chi connectivity index (χ0v) is 27.1. The van der Waals surface area contributed by atoms with Gasteiger partial charge in [0.2, 0.25) is 0 Å². The van der Waals surface area contributed by atoms with E-state index >= 15 is 0 Å². The second-order valence-corrected chi connectivity index (χ2v) is 13.0. The maximum absolute atomic E-state index is 14.8. The van der Waals surface area contributed by atoms with Crippen molar-refractivity contribution in [3.8, 4) is 0 Å². The highest BCUT2D eigenvalue weighted by Gasteiger charge is 2.58. The first-order valence-corrected chi connectivity index (χ1v) is 16.3. The van der Waals surface area contributed by atoms with Crippen LogP contribution in [0.15, 0.2) is 126 Å². The predicted molar refractivity (Wildman–Crippen MR) is 181 cm³/mol. The fraction of sp³-hybridized carbons (Fsp3) is 0.211. The molecule has 10 heteroatoms. The van der Waals surface area contributed by atoms with E-state index in [4.69, 9.17) is 0 Å². The fourth-order valence-electron chi connectivity index (χ4n) is 6.42. The molecule has 1 saturated heterocycles. The van der Waals surface area contributed by atoms with Crippen molar-refractivity contribution in [1.29, 1.82) is 0 Å². The van der Waals surface area contributed by atoms with Gasteiger partial charge in [0.25, 0.3) is 5.91 Å². The van der Waals surface area contributed by atoms with Crippen LogP contribution in [0.4, 0.5) is 23.7 Å². The number of carbonyl (C=O) groups is 2. The minimum absolute atomic E-state index is 0.0447. The van der Waals surface area contributed by atoms with Crippen molar-refractivity contribution >= 4 is 29.4 Å². The third-order valence-electron chi connectivity index (χ3n) is 8.91. The Labute approximate surface area is 281 Å². The number of halogens is 3. The van der Waals surface area contributed by atoms with Crippen LogP contribution in [0.3, 0.4) is 0 Å². The minimum Gasteiger partial charge on any atom is -0.322 e. The van der Waals surface area contributed by atoms with E-state index in [0.717, 1.165) is 38.5 Å². The molecule has 1 aliphatic rings. The zero-order chi connectivity index (χ0) is 33.9. The highest BCUT2D eigenvalue weighted by molar-refractivity contribution is 8.00. The van der Waals surface area contributed by atoms with Crippen molar-refractivity contribution in [3.05, 3.63) is 155 Å². The van der Waals surface area contributed by atoms with E-state index in [1.165, 1.54) is 24.3 Å². The van der Waals surface area contributed by atoms with Crippen molar-refractivity contribution in [2.75, 3.05) is 4.90 Å². The van der Waals surface area contributed by atoms with Gasteiger partial charge in [-0.15, -0.1) is 0 Å². The molecule has 0 radical (unpaired) electrons. The topological polar surface area (TPSA) is 75.2 Å².